The van der Waals surface area contributed by atoms with Crippen LogP contribution in [0.5, 0.6) is 17.2 Å². The maximum absolute atomic E-state index is 14.4. The predicted octanol–water partition coefficient (Wildman–Crippen LogP) is 4.95. The van der Waals surface area contributed by atoms with Crippen LogP contribution >= 0.6 is 11.6 Å². The van der Waals surface area contributed by atoms with Crippen LogP contribution in [0.25, 0.3) is 11.3 Å². The molecule has 1 amide bonds. The third kappa shape index (κ3) is 6.66. The molecule has 0 aliphatic carbocycles. The van der Waals surface area contributed by atoms with Crippen molar-refractivity contribution in [2.75, 3.05) is 26.9 Å². The molecule has 41 heavy (non-hydrogen) atoms. The first kappa shape index (κ1) is 30.4. The van der Waals surface area contributed by atoms with E-state index < -0.39 is 47.7 Å². The molecule has 8 nitrogen and oxygen atoms in total. The van der Waals surface area contributed by atoms with Crippen LogP contribution in [-0.4, -0.2) is 55.1 Å². The van der Waals surface area contributed by atoms with Gasteiger partial charge in [-0.3, -0.25) is 4.79 Å². The maximum Gasteiger partial charge on any atom is 0.398 e. The number of halogens is 5. The van der Waals surface area contributed by atoms with Crippen molar-refractivity contribution in [2.45, 2.75) is 37.6 Å². The molecule has 0 saturated heterocycles. The highest BCUT2D eigenvalue weighted by Gasteiger charge is 2.44. The number of benzene rings is 2. The van der Waals surface area contributed by atoms with Crippen molar-refractivity contribution in [1.29, 1.82) is 0 Å². The smallest absolute Gasteiger partial charge is 0.398 e. The van der Waals surface area contributed by atoms with Gasteiger partial charge in [0.25, 0.3) is 5.91 Å². The van der Waals surface area contributed by atoms with E-state index in [0.717, 1.165) is 6.07 Å². The van der Waals surface area contributed by atoms with Gasteiger partial charge < -0.3 is 30.4 Å². The fourth-order valence-corrected chi connectivity index (χ4v) is 4.38. The minimum absolute atomic E-state index is 0.0225. The zero-order valence-electron chi connectivity index (χ0n) is 22.3. The molecule has 0 radical (unpaired) electrons. The largest absolute Gasteiger partial charge is 0.493 e. The van der Waals surface area contributed by atoms with E-state index in [4.69, 9.17) is 31.5 Å². The summed E-state index contributed by atoms with van der Waals surface area (Å²) in [5, 5.41) is 11.6. The third-order valence-electron chi connectivity index (χ3n) is 6.44. The molecule has 0 spiro atoms. The van der Waals surface area contributed by atoms with Gasteiger partial charge in [-0.15, -0.1) is 0 Å². The second-order valence-electron chi connectivity index (χ2n) is 9.94. The summed E-state index contributed by atoms with van der Waals surface area (Å²) in [6.45, 7) is 2.22. The highest BCUT2D eigenvalue weighted by Crippen LogP contribution is 2.45. The Hall–Kier alpha value is -3.61. The summed E-state index contributed by atoms with van der Waals surface area (Å²) in [7, 11) is 1.34. The van der Waals surface area contributed by atoms with E-state index in [1.54, 1.807) is 6.92 Å². The Labute approximate surface area is 238 Å². The van der Waals surface area contributed by atoms with Gasteiger partial charge in [-0.2, -0.15) is 13.2 Å². The lowest BCUT2D eigenvalue weighted by molar-refractivity contribution is -0.149. The van der Waals surface area contributed by atoms with Gasteiger partial charge in [0, 0.05) is 23.2 Å². The highest BCUT2D eigenvalue weighted by atomic mass is 35.5. The van der Waals surface area contributed by atoms with Crippen LogP contribution in [0, 0.1) is 5.82 Å². The fourth-order valence-electron chi connectivity index (χ4n) is 4.26. The molecule has 2 aromatic carbocycles. The van der Waals surface area contributed by atoms with Gasteiger partial charge in [-0.25, -0.2) is 9.37 Å². The number of aromatic nitrogens is 1. The molecule has 3 aromatic rings. The lowest BCUT2D eigenvalue weighted by atomic mass is 9.91. The first-order chi connectivity index (χ1) is 19.2. The molecule has 0 fully saturated rings. The van der Waals surface area contributed by atoms with E-state index in [1.807, 2.05) is 0 Å². The Balaban J connectivity index is 1.66. The number of carbonyl (C=O) groups is 1. The standard InChI is InChI=1S/C28H28ClF4N3O5/c1-14(37)12-40-22-7-5-16(9-23(22)39-3)26(38)35-11-18(28(31,32)33)21-10-17-25(41-13-27(17,2)34)24(36-21)15-4-6-19(29)20(30)8-15/h4-10,14,18,37H,11-13,34H2,1-3H3,(H,35,38)/t14-,18?,27?/m1/s1. The Morgan fingerprint density at radius 3 is 2.61 bits per heavy atom. The zero-order valence-corrected chi connectivity index (χ0v) is 23.1. The van der Waals surface area contributed by atoms with Gasteiger partial charge in [0.05, 0.1) is 29.5 Å². The summed E-state index contributed by atoms with van der Waals surface area (Å²) >= 11 is 5.79. The van der Waals surface area contributed by atoms with E-state index in [-0.39, 0.29) is 57.9 Å². The Bertz CT molecular complexity index is 1450. The molecule has 1 aromatic heterocycles. The molecule has 1 aliphatic heterocycles. The summed E-state index contributed by atoms with van der Waals surface area (Å²) in [5.41, 5.74) is 5.16. The number of methoxy groups -OCH3 is 1. The van der Waals surface area contributed by atoms with E-state index in [9.17, 15) is 27.5 Å². The summed E-state index contributed by atoms with van der Waals surface area (Å²) in [5.74, 6) is -3.26. The van der Waals surface area contributed by atoms with Gasteiger partial charge in [0.1, 0.15) is 30.6 Å². The average molecular weight is 598 g/mol. The lowest BCUT2D eigenvalue weighted by Gasteiger charge is -2.23. The number of pyridine rings is 1. The van der Waals surface area contributed by atoms with Crippen molar-refractivity contribution in [2.24, 2.45) is 5.73 Å². The van der Waals surface area contributed by atoms with Crippen molar-refractivity contribution in [3.8, 4) is 28.5 Å². The zero-order chi connectivity index (χ0) is 30.1. The normalized spacial score (nSPS) is 17.8. The quantitative estimate of drug-likeness (QED) is 0.299. The molecule has 4 N–H and O–H groups in total. The van der Waals surface area contributed by atoms with E-state index in [0.29, 0.717) is 0 Å². The van der Waals surface area contributed by atoms with Crippen molar-refractivity contribution in [3.63, 3.8) is 0 Å². The number of aliphatic hydroxyl groups is 1. The van der Waals surface area contributed by atoms with Crippen LogP contribution in [0.15, 0.2) is 42.5 Å². The van der Waals surface area contributed by atoms with Gasteiger partial charge in [-0.05, 0) is 50.2 Å². The predicted molar refractivity (Wildman–Crippen MR) is 143 cm³/mol. The molecule has 4 rings (SSSR count). The number of hydrogen-bond donors (Lipinski definition) is 3. The van der Waals surface area contributed by atoms with Gasteiger partial charge in [0.15, 0.2) is 17.2 Å². The minimum atomic E-state index is -4.82. The van der Waals surface area contributed by atoms with Crippen molar-refractivity contribution in [1.82, 2.24) is 10.3 Å². The van der Waals surface area contributed by atoms with E-state index in [2.05, 4.69) is 10.3 Å². The lowest BCUT2D eigenvalue weighted by Crippen LogP contribution is -2.37. The topological polar surface area (TPSA) is 116 Å². The number of aliphatic hydroxyl groups excluding tert-OH is 1. The molecule has 2 heterocycles. The second-order valence-corrected chi connectivity index (χ2v) is 10.3. The van der Waals surface area contributed by atoms with Crippen LogP contribution in [0.4, 0.5) is 17.6 Å². The fraction of sp³-hybridized carbons (Fsp3) is 0.357. The molecule has 2 unspecified atom stereocenters. The number of nitrogens with zero attached hydrogens (tertiary/aromatic N) is 1. The highest BCUT2D eigenvalue weighted by molar-refractivity contribution is 6.30. The Morgan fingerprint density at radius 2 is 1.98 bits per heavy atom. The Kier molecular flexibility index (Phi) is 8.67. The molecular formula is C28H28ClF4N3O5. The van der Waals surface area contributed by atoms with Gasteiger partial charge >= 0.3 is 6.18 Å². The number of hydrogen-bond acceptors (Lipinski definition) is 7. The molecule has 3 atom stereocenters. The molecule has 0 saturated carbocycles. The third-order valence-corrected chi connectivity index (χ3v) is 6.75. The number of carbonyl (C=O) groups excluding carboxylic acids is 1. The summed E-state index contributed by atoms with van der Waals surface area (Å²) < 4.78 is 73.7. The molecule has 1 aliphatic rings. The molecule has 220 valence electrons. The van der Waals surface area contributed by atoms with Crippen molar-refractivity contribution < 1.29 is 41.7 Å². The number of ether oxygens (including phenoxy) is 3. The molecule has 0 bridgehead atoms. The van der Waals surface area contributed by atoms with Crippen LogP contribution in [0.1, 0.15) is 41.4 Å². The monoisotopic (exact) mass is 597 g/mol. The van der Waals surface area contributed by atoms with Crippen LogP contribution in [0.2, 0.25) is 5.02 Å². The van der Waals surface area contributed by atoms with Crippen molar-refractivity contribution >= 4 is 17.5 Å². The van der Waals surface area contributed by atoms with E-state index >= 15 is 0 Å². The first-order valence-corrected chi connectivity index (χ1v) is 12.9. The number of nitrogens with one attached hydrogen (secondary N) is 1. The Morgan fingerprint density at radius 1 is 1.24 bits per heavy atom. The number of rotatable bonds is 9. The first-order valence-electron chi connectivity index (χ1n) is 12.5. The summed E-state index contributed by atoms with van der Waals surface area (Å²) in [6.07, 6.45) is -5.57. The van der Waals surface area contributed by atoms with Gasteiger partial charge in [0.2, 0.25) is 0 Å². The average Bonchev–Trinajstić information content (AvgIpc) is 3.21. The number of amides is 1. The van der Waals surface area contributed by atoms with Crippen LogP contribution in [-0.2, 0) is 5.54 Å². The number of nitrogens with two attached hydrogens (primary N) is 1. The molecular weight excluding hydrogens is 570 g/mol. The minimum Gasteiger partial charge on any atom is -0.493 e. The SMILES string of the molecule is COc1cc(C(=O)NCC(c2cc3c(c(-c4ccc(Cl)c(F)c4)n2)OCC3(C)N)C(F)(F)F)ccc1OC[C@@H](C)O. The number of fused-ring (bicyclic) bond motifs is 1. The molecule has 13 heteroatoms. The summed E-state index contributed by atoms with van der Waals surface area (Å²) in [6, 6.07) is 9.03. The second kappa shape index (κ2) is 11.7. The maximum atomic E-state index is 14.4. The van der Waals surface area contributed by atoms with Gasteiger partial charge in [-0.1, -0.05) is 17.7 Å². The summed E-state index contributed by atoms with van der Waals surface area (Å²) in [4.78, 5) is 17.1. The number of alkyl halides is 3. The van der Waals surface area contributed by atoms with Crippen LogP contribution in [0.3, 0.4) is 0 Å². The van der Waals surface area contributed by atoms with Crippen LogP contribution < -0.4 is 25.3 Å². The van der Waals surface area contributed by atoms with E-state index in [1.165, 1.54) is 50.4 Å². The van der Waals surface area contributed by atoms with Crippen molar-refractivity contribution in [3.05, 3.63) is 70.1 Å².